The molecule has 1 saturated carbocycles. The second-order valence-electron chi connectivity index (χ2n) is 6.20. The Morgan fingerprint density at radius 1 is 1.32 bits per heavy atom. The Bertz CT molecular complexity index is 721. The molecule has 2 N–H and O–H groups in total. The third kappa shape index (κ3) is 4.69. The Morgan fingerprint density at radius 3 is 2.76 bits per heavy atom. The van der Waals surface area contributed by atoms with E-state index in [1.807, 2.05) is 37.4 Å². The number of nitrogens with one attached hydrogen (secondary N) is 2. The number of likely N-dealkylation sites (N-methyl/N-ethyl adjacent to an activating group) is 1. The van der Waals surface area contributed by atoms with Crippen LogP contribution in [0.5, 0.6) is 0 Å². The third-order valence-corrected chi connectivity index (χ3v) is 4.92. The van der Waals surface area contributed by atoms with Gasteiger partial charge >= 0.3 is 0 Å². The monoisotopic (exact) mass is 403 g/mol. The molecule has 0 unspecified atom stereocenters. The molecule has 0 aliphatic heterocycles. The van der Waals surface area contributed by atoms with Gasteiger partial charge in [0, 0.05) is 37.9 Å². The van der Waals surface area contributed by atoms with Crippen LogP contribution in [0.25, 0.3) is 0 Å². The number of carbonyl (C=O) groups is 1. The molecule has 3 rings (SSSR count). The van der Waals surface area contributed by atoms with E-state index in [1.165, 1.54) is 6.42 Å². The van der Waals surface area contributed by atoms with Crippen LogP contribution in [-0.2, 0) is 4.79 Å². The highest BCUT2D eigenvalue weighted by atomic mass is 79.9. The lowest BCUT2D eigenvalue weighted by Gasteiger charge is -2.29. The summed E-state index contributed by atoms with van der Waals surface area (Å²) in [5.74, 6) is 1.72. The molecular weight excluding hydrogens is 382 g/mol. The van der Waals surface area contributed by atoms with E-state index >= 15 is 0 Å². The van der Waals surface area contributed by atoms with Crippen LogP contribution in [0.15, 0.2) is 41.0 Å². The van der Waals surface area contributed by atoms with Gasteiger partial charge in [0.2, 0.25) is 11.9 Å². The van der Waals surface area contributed by atoms with Crippen molar-refractivity contribution in [1.82, 2.24) is 14.9 Å². The van der Waals surface area contributed by atoms with E-state index in [1.54, 1.807) is 11.1 Å². The number of carbonyl (C=O) groups excluding carboxylic acids is 1. The molecule has 7 heteroatoms. The molecule has 1 amide bonds. The van der Waals surface area contributed by atoms with E-state index < -0.39 is 0 Å². The van der Waals surface area contributed by atoms with E-state index in [0.717, 1.165) is 23.0 Å². The minimum atomic E-state index is 0.234. The quantitative estimate of drug-likeness (QED) is 0.737. The van der Waals surface area contributed by atoms with Gasteiger partial charge in [0.25, 0.3) is 0 Å². The van der Waals surface area contributed by atoms with E-state index in [2.05, 4.69) is 36.5 Å². The zero-order valence-corrected chi connectivity index (χ0v) is 15.8. The molecule has 0 spiro atoms. The van der Waals surface area contributed by atoms with Crippen LogP contribution in [0.1, 0.15) is 19.3 Å². The highest BCUT2D eigenvalue weighted by Gasteiger charge is 2.27. The topological polar surface area (TPSA) is 70.2 Å². The van der Waals surface area contributed by atoms with Crippen LogP contribution in [0.3, 0.4) is 0 Å². The van der Waals surface area contributed by atoms with Crippen molar-refractivity contribution in [3.05, 3.63) is 41.0 Å². The smallest absolute Gasteiger partial charge is 0.229 e. The number of rotatable bonds is 7. The first kappa shape index (κ1) is 17.7. The van der Waals surface area contributed by atoms with Gasteiger partial charge < -0.3 is 15.5 Å². The number of anilines is 3. The minimum absolute atomic E-state index is 0.234. The average molecular weight is 404 g/mol. The van der Waals surface area contributed by atoms with Gasteiger partial charge in [0.1, 0.15) is 5.82 Å². The molecule has 0 bridgehead atoms. The number of hydrogen-bond donors (Lipinski definition) is 2. The number of benzene rings is 1. The van der Waals surface area contributed by atoms with Crippen LogP contribution in [0.2, 0.25) is 0 Å². The number of amides is 1. The number of aromatic nitrogens is 2. The molecule has 25 heavy (non-hydrogen) atoms. The maximum atomic E-state index is 12.1. The van der Waals surface area contributed by atoms with Crippen molar-refractivity contribution in [2.24, 2.45) is 5.92 Å². The van der Waals surface area contributed by atoms with Crippen LogP contribution < -0.4 is 10.6 Å². The summed E-state index contributed by atoms with van der Waals surface area (Å²) in [7, 11) is 1.86. The van der Waals surface area contributed by atoms with Crippen LogP contribution >= 0.6 is 15.9 Å². The van der Waals surface area contributed by atoms with Crippen LogP contribution in [0.4, 0.5) is 17.5 Å². The van der Waals surface area contributed by atoms with Crippen molar-refractivity contribution in [3.63, 3.8) is 0 Å². The highest BCUT2D eigenvalue weighted by molar-refractivity contribution is 9.10. The fourth-order valence-corrected chi connectivity index (χ4v) is 2.95. The molecule has 0 radical (unpaired) electrons. The summed E-state index contributed by atoms with van der Waals surface area (Å²) < 4.78 is 0.791. The maximum Gasteiger partial charge on any atom is 0.229 e. The first-order chi connectivity index (χ1) is 12.1. The molecule has 1 aromatic heterocycles. The lowest BCUT2D eigenvalue weighted by Crippen LogP contribution is -2.38. The van der Waals surface area contributed by atoms with Gasteiger partial charge in [0.15, 0.2) is 0 Å². The fourth-order valence-electron chi connectivity index (χ4n) is 2.62. The van der Waals surface area contributed by atoms with Gasteiger partial charge in [-0.1, -0.05) is 24.6 Å². The summed E-state index contributed by atoms with van der Waals surface area (Å²) in [5, 5.41) is 6.44. The Morgan fingerprint density at radius 2 is 2.08 bits per heavy atom. The van der Waals surface area contributed by atoms with Crippen molar-refractivity contribution in [2.75, 3.05) is 30.8 Å². The molecule has 1 fully saturated rings. The van der Waals surface area contributed by atoms with Crippen molar-refractivity contribution >= 4 is 39.3 Å². The summed E-state index contributed by atoms with van der Waals surface area (Å²) in [6.07, 6.45) is 4.95. The zero-order chi connectivity index (χ0) is 17.6. The first-order valence-electron chi connectivity index (χ1n) is 8.47. The number of halogens is 1. The molecule has 2 aromatic rings. The van der Waals surface area contributed by atoms with Crippen LogP contribution in [-0.4, -0.2) is 40.9 Å². The Balaban J connectivity index is 1.54. The Labute approximate surface area is 156 Å². The second-order valence-corrected chi connectivity index (χ2v) is 7.05. The van der Waals surface area contributed by atoms with E-state index in [0.29, 0.717) is 24.9 Å². The van der Waals surface area contributed by atoms with Crippen LogP contribution in [0, 0.1) is 5.92 Å². The summed E-state index contributed by atoms with van der Waals surface area (Å²) >= 11 is 3.46. The van der Waals surface area contributed by atoms with Crippen molar-refractivity contribution in [2.45, 2.75) is 19.3 Å². The van der Waals surface area contributed by atoms with E-state index in [9.17, 15) is 4.79 Å². The highest BCUT2D eigenvalue weighted by Crippen LogP contribution is 2.27. The molecule has 6 nitrogen and oxygen atoms in total. The van der Waals surface area contributed by atoms with Gasteiger partial charge in [0.05, 0.1) is 4.47 Å². The predicted octanol–water partition coefficient (Wildman–Crippen LogP) is 3.65. The number of para-hydroxylation sites is 1. The zero-order valence-electron chi connectivity index (χ0n) is 14.2. The third-order valence-electron chi connectivity index (χ3n) is 4.34. The number of hydrogen-bond acceptors (Lipinski definition) is 5. The fraction of sp³-hybridized carbons (Fsp3) is 0.389. The summed E-state index contributed by atoms with van der Waals surface area (Å²) in [5.41, 5.74) is 0.932. The summed E-state index contributed by atoms with van der Waals surface area (Å²) in [6, 6.07) is 9.78. The summed E-state index contributed by atoms with van der Waals surface area (Å²) in [6.45, 7) is 1.28. The molecule has 1 aliphatic carbocycles. The standard InChI is InChI=1S/C18H22BrN5O/c1-24(17(25)13-6-5-7-13)11-10-20-16-15(19)12-21-18(23-16)22-14-8-3-2-4-9-14/h2-4,8-9,12-13H,5-7,10-11H2,1H3,(H2,20,21,22,23). The molecule has 132 valence electrons. The molecule has 0 atom stereocenters. The maximum absolute atomic E-state index is 12.1. The molecule has 0 saturated heterocycles. The predicted molar refractivity (Wildman–Crippen MR) is 103 cm³/mol. The van der Waals surface area contributed by atoms with Crippen molar-refractivity contribution in [1.29, 1.82) is 0 Å². The second kappa shape index (κ2) is 8.29. The Hall–Kier alpha value is -2.15. The SMILES string of the molecule is CN(CCNc1nc(Nc2ccccc2)ncc1Br)C(=O)C1CCC1. The number of nitrogens with zero attached hydrogens (tertiary/aromatic N) is 3. The lowest BCUT2D eigenvalue weighted by atomic mass is 9.84. The van der Waals surface area contributed by atoms with E-state index in [4.69, 9.17) is 0 Å². The molecule has 1 aromatic carbocycles. The molecule has 1 heterocycles. The minimum Gasteiger partial charge on any atom is -0.367 e. The van der Waals surface area contributed by atoms with Crippen molar-refractivity contribution in [3.8, 4) is 0 Å². The first-order valence-corrected chi connectivity index (χ1v) is 9.26. The normalized spacial score (nSPS) is 13.8. The van der Waals surface area contributed by atoms with E-state index in [-0.39, 0.29) is 11.8 Å². The van der Waals surface area contributed by atoms with Gasteiger partial charge in [-0.2, -0.15) is 4.98 Å². The Kier molecular flexibility index (Phi) is 5.86. The summed E-state index contributed by atoms with van der Waals surface area (Å²) in [4.78, 5) is 22.7. The van der Waals surface area contributed by atoms with Gasteiger partial charge in [-0.25, -0.2) is 4.98 Å². The van der Waals surface area contributed by atoms with Gasteiger partial charge in [-0.3, -0.25) is 4.79 Å². The lowest BCUT2D eigenvalue weighted by molar-refractivity contribution is -0.136. The largest absolute Gasteiger partial charge is 0.367 e. The van der Waals surface area contributed by atoms with Crippen molar-refractivity contribution < 1.29 is 4.79 Å². The van der Waals surface area contributed by atoms with Gasteiger partial charge in [-0.05, 0) is 40.9 Å². The average Bonchev–Trinajstić information content (AvgIpc) is 2.57. The van der Waals surface area contributed by atoms with Gasteiger partial charge in [-0.15, -0.1) is 0 Å². The molecule has 1 aliphatic rings. The molecular formula is C18H22BrN5O.